The molecule has 0 rings (SSSR count). The Labute approximate surface area is 166 Å². The van der Waals surface area contributed by atoms with Crippen molar-refractivity contribution in [3.05, 3.63) is 12.2 Å². The Morgan fingerprint density at radius 1 is 0.778 bits per heavy atom. The van der Waals surface area contributed by atoms with Crippen LogP contribution in [0.25, 0.3) is 0 Å². The number of likely N-dealkylation sites (N-methyl/N-ethyl adjacent to an activating group) is 1. The van der Waals surface area contributed by atoms with Crippen LogP contribution in [0.5, 0.6) is 0 Å². The second kappa shape index (κ2) is 20.8. The van der Waals surface area contributed by atoms with Crippen LogP contribution >= 0.6 is 0 Å². The van der Waals surface area contributed by atoms with Gasteiger partial charge in [-0.15, -0.1) is 0 Å². The van der Waals surface area contributed by atoms with E-state index >= 15 is 0 Å². The van der Waals surface area contributed by atoms with Crippen molar-refractivity contribution in [3.63, 3.8) is 0 Å². The lowest BCUT2D eigenvalue weighted by Crippen LogP contribution is -2.30. The lowest BCUT2D eigenvalue weighted by molar-refractivity contribution is -0.123. The average molecular weight is 383 g/mol. The van der Waals surface area contributed by atoms with Gasteiger partial charge in [0.05, 0.1) is 0 Å². The zero-order valence-electron chi connectivity index (χ0n) is 17.7. The van der Waals surface area contributed by atoms with Crippen LogP contribution in [0.2, 0.25) is 0 Å². The number of alkyl carbamates (subject to hydrolysis) is 1. The summed E-state index contributed by atoms with van der Waals surface area (Å²) in [5, 5.41) is 5.05. The summed E-state index contributed by atoms with van der Waals surface area (Å²) < 4.78 is 4.75. The largest absolute Gasteiger partial charge is 0.439 e. The summed E-state index contributed by atoms with van der Waals surface area (Å²) in [6.45, 7) is 2.63. The highest BCUT2D eigenvalue weighted by atomic mass is 16.6. The quantitative estimate of drug-likeness (QED) is 0.243. The number of nitrogens with one attached hydrogen (secondary N) is 2. The molecule has 0 fully saturated rings. The van der Waals surface area contributed by atoms with Gasteiger partial charge in [-0.25, -0.2) is 4.79 Å². The molecule has 0 aromatic heterocycles. The van der Waals surface area contributed by atoms with Crippen molar-refractivity contribution < 1.29 is 14.3 Å². The molecule has 0 aliphatic heterocycles. The van der Waals surface area contributed by atoms with Crippen LogP contribution in [0.1, 0.15) is 96.8 Å². The number of hydrogen-bond acceptors (Lipinski definition) is 3. The number of carbonyl (C=O) groups is 2. The molecule has 0 saturated heterocycles. The van der Waals surface area contributed by atoms with E-state index in [1.54, 1.807) is 0 Å². The monoisotopic (exact) mass is 382 g/mol. The van der Waals surface area contributed by atoms with Gasteiger partial charge in [0.15, 0.2) is 6.61 Å². The van der Waals surface area contributed by atoms with Crippen LogP contribution in [0.15, 0.2) is 12.2 Å². The molecule has 0 spiro atoms. The maximum atomic E-state index is 11.3. The predicted octanol–water partition coefficient (Wildman–Crippen LogP) is 5.50. The van der Waals surface area contributed by atoms with Gasteiger partial charge in [-0.2, -0.15) is 0 Å². The lowest BCUT2D eigenvalue weighted by atomic mass is 10.1. The first kappa shape index (κ1) is 25.5. The fourth-order valence-electron chi connectivity index (χ4n) is 2.82. The minimum absolute atomic E-state index is 0.230. The molecule has 0 bridgehead atoms. The molecule has 0 atom stereocenters. The molecular formula is C22H42N2O3. The second-order valence-corrected chi connectivity index (χ2v) is 7.11. The first-order valence-electron chi connectivity index (χ1n) is 11.0. The molecule has 0 unspecified atom stereocenters. The summed E-state index contributed by atoms with van der Waals surface area (Å²) in [4.78, 5) is 22.2. The topological polar surface area (TPSA) is 67.4 Å². The van der Waals surface area contributed by atoms with Crippen molar-refractivity contribution in [2.24, 2.45) is 0 Å². The van der Waals surface area contributed by atoms with Crippen LogP contribution < -0.4 is 10.6 Å². The number of rotatable bonds is 18. The lowest BCUT2D eigenvalue weighted by Gasteiger charge is -2.05. The van der Waals surface area contributed by atoms with Crippen molar-refractivity contribution in [2.45, 2.75) is 96.8 Å². The van der Waals surface area contributed by atoms with Gasteiger partial charge in [-0.3, -0.25) is 4.79 Å². The number of hydrogen-bond donors (Lipinski definition) is 2. The molecule has 0 saturated carbocycles. The van der Waals surface area contributed by atoms with Gasteiger partial charge in [0.25, 0.3) is 5.91 Å². The molecule has 0 radical (unpaired) electrons. The molecule has 0 aliphatic rings. The molecule has 5 nitrogen and oxygen atoms in total. The van der Waals surface area contributed by atoms with Gasteiger partial charge in [-0.1, -0.05) is 76.9 Å². The molecule has 0 aliphatic carbocycles. The van der Waals surface area contributed by atoms with Gasteiger partial charge < -0.3 is 15.4 Å². The molecule has 0 aromatic rings. The standard InChI is InChI=1S/C22H42N2O3/c1-3-4-5-6-7-8-9-10-11-12-13-14-15-16-17-18-19-24-22(26)27-20-21(25)23-2/h13-14H,3-12,15-20H2,1-2H3,(H,23,25)(H,24,26). The molecule has 2 N–H and O–H groups in total. The molecular weight excluding hydrogens is 340 g/mol. The smallest absolute Gasteiger partial charge is 0.407 e. The van der Waals surface area contributed by atoms with E-state index in [2.05, 4.69) is 29.7 Å². The zero-order chi connectivity index (χ0) is 20.0. The highest BCUT2D eigenvalue weighted by Gasteiger charge is 2.04. The maximum Gasteiger partial charge on any atom is 0.407 e. The molecule has 0 aromatic carbocycles. The maximum absolute atomic E-state index is 11.3. The number of allylic oxidation sites excluding steroid dienone is 2. The van der Waals surface area contributed by atoms with E-state index in [4.69, 9.17) is 4.74 Å². The van der Waals surface area contributed by atoms with Crippen molar-refractivity contribution in [1.82, 2.24) is 10.6 Å². The Hall–Kier alpha value is -1.52. The molecule has 2 amide bonds. The average Bonchev–Trinajstić information content (AvgIpc) is 2.68. The minimum Gasteiger partial charge on any atom is -0.439 e. The summed E-state index contributed by atoms with van der Waals surface area (Å²) in [6, 6.07) is 0. The summed E-state index contributed by atoms with van der Waals surface area (Å²) in [5.41, 5.74) is 0. The highest BCUT2D eigenvalue weighted by Crippen LogP contribution is 2.11. The fraction of sp³-hybridized carbons (Fsp3) is 0.818. The summed E-state index contributed by atoms with van der Waals surface area (Å²) in [6.07, 6.45) is 22.0. The van der Waals surface area contributed by atoms with Crippen LogP contribution in [0, 0.1) is 0 Å². The number of unbranched alkanes of at least 4 members (excludes halogenated alkanes) is 12. The Morgan fingerprint density at radius 2 is 1.30 bits per heavy atom. The first-order chi connectivity index (χ1) is 13.2. The molecule has 27 heavy (non-hydrogen) atoms. The second-order valence-electron chi connectivity index (χ2n) is 7.11. The molecule has 158 valence electrons. The van der Waals surface area contributed by atoms with E-state index in [1.807, 2.05) is 0 Å². The van der Waals surface area contributed by atoms with Crippen LogP contribution in [-0.2, 0) is 9.53 Å². The van der Waals surface area contributed by atoms with E-state index in [9.17, 15) is 9.59 Å². The van der Waals surface area contributed by atoms with Gasteiger partial charge in [0, 0.05) is 13.6 Å². The van der Waals surface area contributed by atoms with Gasteiger partial charge >= 0.3 is 6.09 Å². The molecule has 0 heterocycles. The first-order valence-corrected chi connectivity index (χ1v) is 11.0. The van der Waals surface area contributed by atoms with E-state index in [0.29, 0.717) is 6.54 Å². The van der Waals surface area contributed by atoms with E-state index in [1.165, 1.54) is 71.3 Å². The van der Waals surface area contributed by atoms with Gasteiger partial charge in [0.1, 0.15) is 0 Å². The summed E-state index contributed by atoms with van der Waals surface area (Å²) >= 11 is 0. The fourth-order valence-corrected chi connectivity index (χ4v) is 2.82. The van der Waals surface area contributed by atoms with Crippen LogP contribution in [0.4, 0.5) is 4.79 Å². The van der Waals surface area contributed by atoms with Crippen LogP contribution in [0.3, 0.4) is 0 Å². The normalized spacial score (nSPS) is 10.9. The minimum atomic E-state index is -0.528. The predicted molar refractivity (Wildman–Crippen MR) is 113 cm³/mol. The van der Waals surface area contributed by atoms with E-state index in [-0.39, 0.29) is 12.5 Å². The zero-order valence-corrected chi connectivity index (χ0v) is 17.7. The Bertz CT molecular complexity index is 384. The third-order valence-corrected chi connectivity index (χ3v) is 4.57. The van der Waals surface area contributed by atoms with Crippen molar-refractivity contribution >= 4 is 12.0 Å². The van der Waals surface area contributed by atoms with Gasteiger partial charge in [-0.05, 0) is 32.1 Å². The Kier molecular flexibility index (Phi) is 19.6. The highest BCUT2D eigenvalue weighted by molar-refractivity contribution is 5.79. The van der Waals surface area contributed by atoms with E-state index in [0.717, 1.165) is 25.7 Å². The van der Waals surface area contributed by atoms with Crippen molar-refractivity contribution in [3.8, 4) is 0 Å². The Morgan fingerprint density at radius 3 is 1.85 bits per heavy atom. The third-order valence-electron chi connectivity index (χ3n) is 4.57. The number of ether oxygens (including phenoxy) is 1. The third kappa shape index (κ3) is 20.6. The summed E-state index contributed by atoms with van der Waals surface area (Å²) in [7, 11) is 1.51. The van der Waals surface area contributed by atoms with Gasteiger partial charge in [0.2, 0.25) is 0 Å². The van der Waals surface area contributed by atoms with Crippen molar-refractivity contribution in [1.29, 1.82) is 0 Å². The number of amides is 2. The molecule has 5 heteroatoms. The van der Waals surface area contributed by atoms with Crippen LogP contribution in [-0.4, -0.2) is 32.2 Å². The van der Waals surface area contributed by atoms with Crippen molar-refractivity contribution in [2.75, 3.05) is 20.2 Å². The Balaban J connectivity index is 3.23. The SMILES string of the molecule is CCCCCCCCCCCC=CCCCCCNC(=O)OCC(=O)NC. The summed E-state index contributed by atoms with van der Waals surface area (Å²) in [5.74, 6) is -0.306. The number of carbonyl (C=O) groups excluding carboxylic acids is 2. The van der Waals surface area contributed by atoms with E-state index < -0.39 is 6.09 Å².